The molecule has 0 aromatic carbocycles. The lowest BCUT2D eigenvalue weighted by molar-refractivity contribution is -0.114. The molecule has 0 aliphatic carbocycles. The van der Waals surface area contributed by atoms with Gasteiger partial charge in [0.15, 0.2) is 0 Å². The molecular formula is C9H17O2. The molecule has 0 unspecified atom stereocenters. The van der Waals surface area contributed by atoms with Crippen LogP contribution in [0.1, 0.15) is 32.1 Å². The number of carbonyl (C=O) groups excluding carboxylic acids is 1. The predicted octanol–water partition coefficient (Wildman–Crippen LogP) is 1.99. The Morgan fingerprint density at radius 2 is 1.91 bits per heavy atom. The molecule has 0 fully saturated rings. The summed E-state index contributed by atoms with van der Waals surface area (Å²) in [4.78, 5) is 10.4. The van der Waals surface area contributed by atoms with Crippen molar-refractivity contribution in [1.82, 2.24) is 0 Å². The summed E-state index contributed by atoms with van der Waals surface area (Å²) in [5, 5.41) is 0. The van der Waals surface area contributed by atoms with Crippen molar-refractivity contribution in [2.45, 2.75) is 32.1 Å². The molecule has 0 N–H and O–H groups in total. The fourth-order valence-corrected chi connectivity index (χ4v) is 0.922. The average Bonchev–Trinajstić information content (AvgIpc) is 1.96. The van der Waals surface area contributed by atoms with Gasteiger partial charge in [0.05, 0.1) is 0 Å². The van der Waals surface area contributed by atoms with Gasteiger partial charge in [0, 0.05) is 27.1 Å². The van der Waals surface area contributed by atoms with E-state index in [1.807, 2.05) is 0 Å². The lowest BCUT2D eigenvalue weighted by atomic mass is 10.1. The number of ketones is 1. The highest BCUT2D eigenvalue weighted by atomic mass is 16.5. The van der Waals surface area contributed by atoms with E-state index in [1.165, 1.54) is 0 Å². The maximum atomic E-state index is 10.4. The second-order valence-electron chi connectivity index (χ2n) is 2.70. The smallest absolute Gasteiger partial charge is 0.133 e. The van der Waals surface area contributed by atoms with E-state index in [2.05, 4.69) is 6.92 Å². The molecule has 11 heavy (non-hydrogen) atoms. The van der Waals surface area contributed by atoms with Gasteiger partial charge in [0.2, 0.25) is 0 Å². The minimum absolute atomic E-state index is 0.0525. The van der Waals surface area contributed by atoms with Crippen LogP contribution in [-0.2, 0) is 9.53 Å². The standard InChI is InChI=1S/C9H17O2/c1-9(10)7-5-3-4-6-8-11-2/h1,3-8H2,2H3. The largest absolute Gasteiger partial charge is 0.385 e. The average molecular weight is 157 g/mol. The van der Waals surface area contributed by atoms with E-state index in [4.69, 9.17) is 4.74 Å². The molecule has 1 radical (unpaired) electrons. The van der Waals surface area contributed by atoms with Crippen molar-refractivity contribution >= 4 is 5.78 Å². The molecule has 0 amide bonds. The molecule has 0 aliphatic heterocycles. The zero-order chi connectivity index (χ0) is 8.53. The van der Waals surface area contributed by atoms with E-state index in [9.17, 15) is 4.79 Å². The first kappa shape index (κ1) is 10.6. The van der Waals surface area contributed by atoms with E-state index >= 15 is 0 Å². The third-order valence-electron chi connectivity index (χ3n) is 1.55. The summed E-state index contributed by atoms with van der Waals surface area (Å²) in [5.74, 6) is 0.0525. The van der Waals surface area contributed by atoms with Crippen molar-refractivity contribution in [3.8, 4) is 0 Å². The summed E-state index contributed by atoms with van der Waals surface area (Å²) >= 11 is 0. The van der Waals surface area contributed by atoms with Gasteiger partial charge < -0.3 is 4.74 Å². The fraction of sp³-hybridized carbons (Fsp3) is 0.778. The van der Waals surface area contributed by atoms with Crippen LogP contribution in [0.3, 0.4) is 0 Å². The topological polar surface area (TPSA) is 26.3 Å². The molecule has 65 valence electrons. The van der Waals surface area contributed by atoms with E-state index in [1.54, 1.807) is 7.11 Å². The van der Waals surface area contributed by atoms with E-state index in [0.717, 1.165) is 32.3 Å². The van der Waals surface area contributed by atoms with Gasteiger partial charge in [-0.3, -0.25) is 4.79 Å². The summed E-state index contributed by atoms with van der Waals surface area (Å²) in [7, 11) is 1.71. The van der Waals surface area contributed by atoms with Crippen LogP contribution >= 0.6 is 0 Å². The summed E-state index contributed by atoms with van der Waals surface area (Å²) in [6, 6.07) is 0. The summed E-state index contributed by atoms with van der Waals surface area (Å²) in [6.07, 6.45) is 4.98. The van der Waals surface area contributed by atoms with Crippen molar-refractivity contribution < 1.29 is 9.53 Å². The minimum atomic E-state index is 0.0525. The third-order valence-corrected chi connectivity index (χ3v) is 1.55. The molecule has 0 heterocycles. The molecule has 0 spiro atoms. The van der Waals surface area contributed by atoms with Gasteiger partial charge in [-0.05, 0) is 12.8 Å². The molecule has 0 saturated heterocycles. The number of rotatable bonds is 7. The second kappa shape index (κ2) is 7.73. The van der Waals surface area contributed by atoms with Gasteiger partial charge in [-0.15, -0.1) is 0 Å². The number of unbranched alkanes of at least 4 members (excludes halogenated alkanes) is 3. The number of Topliss-reactive ketones (excluding diaryl/α,β-unsaturated/α-hetero) is 1. The molecule has 0 aliphatic rings. The maximum absolute atomic E-state index is 10.4. The first-order valence-electron chi connectivity index (χ1n) is 4.11. The fourth-order valence-electron chi connectivity index (χ4n) is 0.922. The lowest BCUT2D eigenvalue weighted by Gasteiger charge is -1.98. The molecule has 2 nitrogen and oxygen atoms in total. The molecular weight excluding hydrogens is 140 g/mol. The number of methoxy groups -OCH3 is 1. The van der Waals surface area contributed by atoms with Gasteiger partial charge in [-0.25, -0.2) is 0 Å². The Kier molecular flexibility index (Phi) is 7.47. The second-order valence-corrected chi connectivity index (χ2v) is 2.70. The number of carbonyl (C=O) groups is 1. The summed E-state index contributed by atoms with van der Waals surface area (Å²) in [5.41, 5.74) is 0. The van der Waals surface area contributed by atoms with Gasteiger partial charge >= 0.3 is 0 Å². The SMILES string of the molecule is [CH2]C(=O)CCCCCCOC. The van der Waals surface area contributed by atoms with Crippen LogP contribution in [0, 0.1) is 6.92 Å². The first-order chi connectivity index (χ1) is 5.27. The Morgan fingerprint density at radius 3 is 2.45 bits per heavy atom. The Morgan fingerprint density at radius 1 is 1.27 bits per heavy atom. The van der Waals surface area contributed by atoms with Crippen LogP contribution < -0.4 is 0 Å². The third kappa shape index (κ3) is 9.63. The van der Waals surface area contributed by atoms with Crippen LogP contribution in [-0.4, -0.2) is 19.5 Å². The Hall–Kier alpha value is -0.370. The zero-order valence-electron chi connectivity index (χ0n) is 7.27. The van der Waals surface area contributed by atoms with Crippen molar-refractivity contribution in [1.29, 1.82) is 0 Å². The highest BCUT2D eigenvalue weighted by molar-refractivity contribution is 5.82. The molecule has 0 aromatic rings. The van der Waals surface area contributed by atoms with E-state index < -0.39 is 0 Å². The van der Waals surface area contributed by atoms with Gasteiger partial charge in [0.1, 0.15) is 5.78 Å². The molecule has 0 atom stereocenters. The predicted molar refractivity (Wildman–Crippen MR) is 45.3 cm³/mol. The van der Waals surface area contributed by atoms with Crippen LogP contribution in [0.2, 0.25) is 0 Å². The molecule has 0 rings (SSSR count). The molecule has 0 saturated carbocycles. The quantitative estimate of drug-likeness (QED) is 0.528. The molecule has 0 bridgehead atoms. The number of hydrogen-bond donors (Lipinski definition) is 0. The van der Waals surface area contributed by atoms with Gasteiger partial charge in [-0.2, -0.15) is 0 Å². The minimum Gasteiger partial charge on any atom is -0.385 e. The Balaban J connectivity index is 2.85. The van der Waals surface area contributed by atoms with E-state index in [-0.39, 0.29) is 5.78 Å². The van der Waals surface area contributed by atoms with Crippen LogP contribution in [0.15, 0.2) is 0 Å². The highest BCUT2D eigenvalue weighted by Gasteiger charge is 1.93. The number of ether oxygens (including phenoxy) is 1. The van der Waals surface area contributed by atoms with E-state index in [0.29, 0.717) is 6.42 Å². The van der Waals surface area contributed by atoms with Crippen molar-refractivity contribution in [3.05, 3.63) is 6.92 Å². The van der Waals surface area contributed by atoms with Gasteiger partial charge in [-0.1, -0.05) is 12.8 Å². The van der Waals surface area contributed by atoms with Crippen molar-refractivity contribution in [3.63, 3.8) is 0 Å². The van der Waals surface area contributed by atoms with Crippen LogP contribution in [0.5, 0.6) is 0 Å². The Labute approximate surface area is 68.9 Å². The summed E-state index contributed by atoms with van der Waals surface area (Å²) in [6.45, 7) is 4.14. The van der Waals surface area contributed by atoms with Gasteiger partial charge in [0.25, 0.3) is 0 Å². The van der Waals surface area contributed by atoms with Crippen molar-refractivity contribution in [2.24, 2.45) is 0 Å². The monoisotopic (exact) mass is 157 g/mol. The van der Waals surface area contributed by atoms with Crippen LogP contribution in [0.25, 0.3) is 0 Å². The lowest BCUT2D eigenvalue weighted by Crippen LogP contribution is -1.91. The highest BCUT2D eigenvalue weighted by Crippen LogP contribution is 2.02. The summed E-state index contributed by atoms with van der Waals surface area (Å²) < 4.78 is 4.89. The normalized spacial score (nSPS) is 10.0. The van der Waals surface area contributed by atoms with Crippen molar-refractivity contribution in [2.75, 3.05) is 13.7 Å². The molecule has 2 heteroatoms. The Bertz CT molecular complexity index is 99.7. The van der Waals surface area contributed by atoms with Crippen LogP contribution in [0.4, 0.5) is 0 Å². The first-order valence-corrected chi connectivity index (χ1v) is 4.11. The number of hydrogen-bond acceptors (Lipinski definition) is 2. The molecule has 0 aromatic heterocycles. The maximum Gasteiger partial charge on any atom is 0.133 e. The zero-order valence-corrected chi connectivity index (χ0v) is 7.27.